The van der Waals surface area contributed by atoms with Gasteiger partial charge in [0.05, 0.1) is 6.10 Å². The monoisotopic (exact) mass is 584 g/mol. The maximum atomic E-state index is 11.9. The Balaban J connectivity index is 0. The lowest BCUT2D eigenvalue weighted by atomic mass is 9.59. The summed E-state index contributed by atoms with van der Waals surface area (Å²) in [5, 5.41) is 0. The summed E-state index contributed by atoms with van der Waals surface area (Å²) in [6, 6.07) is 9.07. The predicted octanol–water partition coefficient (Wildman–Crippen LogP) is 11.6. The van der Waals surface area contributed by atoms with Crippen LogP contribution in [0, 0.1) is 33.5 Å². The largest absolute Gasteiger partial charge is 0.469 e. The van der Waals surface area contributed by atoms with Crippen LogP contribution in [0.4, 0.5) is 0 Å². The molecule has 1 rings (SSSR count). The quantitative estimate of drug-likeness (QED) is 0.254. The average molecular weight is 585 g/mol. The van der Waals surface area contributed by atoms with Gasteiger partial charge in [0.25, 0.3) is 0 Å². The van der Waals surface area contributed by atoms with Crippen molar-refractivity contribution in [2.75, 3.05) is 0 Å². The molecule has 1 aromatic carbocycles. The summed E-state index contributed by atoms with van der Waals surface area (Å²) in [5.74, 6) is 1.27. The van der Waals surface area contributed by atoms with E-state index in [-0.39, 0.29) is 28.1 Å². The topological polar surface area (TPSA) is 66.8 Å². The Bertz CT molecular complexity index is 864. The molecule has 0 aromatic heterocycles. The van der Waals surface area contributed by atoms with Gasteiger partial charge in [0.2, 0.25) is 0 Å². The van der Waals surface area contributed by atoms with Crippen LogP contribution >= 0.6 is 7.82 Å². The van der Waals surface area contributed by atoms with Crippen molar-refractivity contribution in [3.8, 4) is 0 Å². The minimum Gasteiger partial charge on any atom is -0.303 e. The van der Waals surface area contributed by atoms with Gasteiger partial charge < -0.3 is 9.79 Å². The van der Waals surface area contributed by atoms with E-state index in [9.17, 15) is 14.4 Å². The van der Waals surface area contributed by atoms with Crippen molar-refractivity contribution in [1.82, 2.24) is 0 Å². The summed E-state index contributed by atoms with van der Waals surface area (Å²) in [7, 11) is -4.62. The third-order valence-electron chi connectivity index (χ3n) is 8.78. The average Bonchev–Trinajstić information content (AvgIpc) is 2.78. The Morgan fingerprint density at radius 1 is 0.700 bits per heavy atom. The third kappa shape index (κ3) is 13.1. The number of rotatable bonds is 11. The SMILES string of the molecule is CC.CC.CC(C)C(C)(C)C(CC(CC(C)(C)C)c1ccc([C@H](C(C)(C)C)C(C)(C)C(C)C)cc1)OP(=O)(O)O. The first kappa shape index (κ1) is 41.5. The maximum absolute atomic E-state index is 11.9. The van der Waals surface area contributed by atoms with Crippen LogP contribution in [-0.4, -0.2) is 15.9 Å². The molecule has 0 heterocycles. The molecule has 0 saturated heterocycles. The first-order valence-electron chi connectivity index (χ1n) is 15.7. The Labute approximate surface area is 250 Å². The summed E-state index contributed by atoms with van der Waals surface area (Å²) in [4.78, 5) is 19.5. The fourth-order valence-corrected chi connectivity index (χ4v) is 6.38. The minimum atomic E-state index is -4.62. The molecule has 4 nitrogen and oxygen atoms in total. The first-order chi connectivity index (χ1) is 17.9. The zero-order valence-corrected chi connectivity index (χ0v) is 30.7. The van der Waals surface area contributed by atoms with Crippen LogP contribution in [-0.2, 0) is 9.09 Å². The molecule has 0 aliphatic carbocycles. The number of hydrogen-bond donors (Lipinski definition) is 2. The number of phosphoric acid groups is 1. The molecule has 2 unspecified atom stereocenters. The predicted molar refractivity (Wildman–Crippen MR) is 177 cm³/mol. The molecule has 238 valence electrons. The van der Waals surface area contributed by atoms with Gasteiger partial charge in [-0.2, -0.15) is 0 Å². The van der Waals surface area contributed by atoms with Gasteiger partial charge in [-0.15, -0.1) is 0 Å². The van der Waals surface area contributed by atoms with Gasteiger partial charge in [-0.05, 0) is 69.3 Å². The van der Waals surface area contributed by atoms with E-state index in [4.69, 9.17) is 4.52 Å². The van der Waals surface area contributed by atoms with Gasteiger partial charge in [0, 0.05) is 0 Å². The summed E-state index contributed by atoms with van der Waals surface area (Å²) in [6.07, 6.45) is 0.905. The number of benzene rings is 1. The molecule has 5 heteroatoms. The van der Waals surface area contributed by atoms with E-state index >= 15 is 0 Å². The van der Waals surface area contributed by atoms with Crippen LogP contribution in [0.3, 0.4) is 0 Å². The Hall–Kier alpha value is -0.670. The second-order valence-corrected chi connectivity index (χ2v) is 16.4. The van der Waals surface area contributed by atoms with Crippen molar-refractivity contribution in [1.29, 1.82) is 0 Å². The van der Waals surface area contributed by atoms with E-state index in [2.05, 4.69) is 121 Å². The first-order valence-corrected chi connectivity index (χ1v) is 17.3. The lowest BCUT2D eigenvalue weighted by molar-refractivity contribution is 0.00281. The van der Waals surface area contributed by atoms with Gasteiger partial charge in [-0.25, -0.2) is 4.57 Å². The highest BCUT2D eigenvalue weighted by molar-refractivity contribution is 7.46. The van der Waals surface area contributed by atoms with Crippen LogP contribution in [0.25, 0.3) is 0 Å². The number of phosphoric ester groups is 1. The Kier molecular flexibility index (Phi) is 16.8. The lowest BCUT2D eigenvalue weighted by Crippen LogP contribution is -2.37. The molecule has 0 aliphatic rings. The second kappa shape index (κ2) is 16.3. The molecule has 2 N–H and O–H groups in total. The van der Waals surface area contributed by atoms with Gasteiger partial charge >= 0.3 is 7.82 Å². The van der Waals surface area contributed by atoms with Crippen LogP contribution in [0.1, 0.15) is 160 Å². The van der Waals surface area contributed by atoms with Crippen LogP contribution in [0.2, 0.25) is 0 Å². The van der Waals surface area contributed by atoms with Crippen LogP contribution in [0.15, 0.2) is 24.3 Å². The molecule has 0 spiro atoms. The molecule has 0 amide bonds. The van der Waals surface area contributed by atoms with Crippen molar-refractivity contribution in [2.45, 2.75) is 155 Å². The minimum absolute atomic E-state index is 0.0611. The molecule has 0 fully saturated rings. The molecule has 0 aliphatic heterocycles. The van der Waals surface area contributed by atoms with Crippen molar-refractivity contribution >= 4 is 7.82 Å². The molecule has 3 atom stereocenters. The second-order valence-electron chi connectivity index (χ2n) is 15.2. The van der Waals surface area contributed by atoms with Crippen LogP contribution < -0.4 is 0 Å². The van der Waals surface area contributed by atoms with Crippen molar-refractivity contribution < 1.29 is 18.9 Å². The summed E-state index contributed by atoms with van der Waals surface area (Å²) >= 11 is 0. The lowest BCUT2D eigenvalue weighted by Gasteiger charge is -2.46. The molecular weight excluding hydrogens is 515 g/mol. The van der Waals surface area contributed by atoms with Crippen molar-refractivity contribution in [2.24, 2.45) is 33.5 Å². The van der Waals surface area contributed by atoms with Crippen molar-refractivity contribution in [3.63, 3.8) is 0 Å². The maximum Gasteiger partial charge on any atom is 0.469 e. The highest BCUT2D eigenvalue weighted by Crippen LogP contribution is 2.52. The number of hydrogen-bond acceptors (Lipinski definition) is 2. The van der Waals surface area contributed by atoms with Crippen LogP contribution in [0.5, 0.6) is 0 Å². The molecule has 40 heavy (non-hydrogen) atoms. The van der Waals surface area contributed by atoms with E-state index in [1.165, 1.54) is 11.1 Å². The normalized spacial score (nSPS) is 15.6. The fourth-order valence-electron chi connectivity index (χ4n) is 5.69. The van der Waals surface area contributed by atoms with Gasteiger partial charge in [-0.1, -0.05) is 149 Å². The van der Waals surface area contributed by atoms with Gasteiger partial charge in [0.15, 0.2) is 0 Å². The zero-order chi connectivity index (χ0) is 32.5. The smallest absolute Gasteiger partial charge is 0.303 e. The van der Waals surface area contributed by atoms with E-state index in [1.54, 1.807) is 0 Å². The fraction of sp³-hybridized carbons (Fsp3) is 0.829. The summed E-state index contributed by atoms with van der Waals surface area (Å²) < 4.78 is 17.4. The summed E-state index contributed by atoms with van der Waals surface area (Å²) in [6.45, 7) is 39.3. The summed E-state index contributed by atoms with van der Waals surface area (Å²) in [5.41, 5.74) is 2.48. The zero-order valence-electron chi connectivity index (χ0n) is 29.8. The van der Waals surface area contributed by atoms with E-state index in [0.717, 1.165) is 6.42 Å². The van der Waals surface area contributed by atoms with Gasteiger partial charge in [-0.3, -0.25) is 4.52 Å². The Morgan fingerprint density at radius 3 is 1.38 bits per heavy atom. The van der Waals surface area contributed by atoms with Crippen molar-refractivity contribution in [3.05, 3.63) is 35.4 Å². The standard InChI is InChI=1S/C31H57O4P.2C2H6/c1-21(2)30(11,12)26(35-36(32,33)34)19-25(20-28(5,6)7)23-15-17-24(18-16-23)27(29(8,9)10)31(13,14)22(3)4;2*1-2/h15-18,21-22,25-27H,19-20H2,1-14H3,(H2,32,33,34);2*1-2H3/t25?,26?,27-;;/m1../s1. The highest BCUT2D eigenvalue weighted by Gasteiger charge is 2.42. The van der Waals surface area contributed by atoms with E-state index in [0.29, 0.717) is 18.3 Å². The molecule has 0 saturated carbocycles. The molecule has 1 aromatic rings. The molecule has 0 radical (unpaired) electrons. The molecular formula is C35H69O4P. The highest BCUT2D eigenvalue weighted by atomic mass is 31.2. The van der Waals surface area contributed by atoms with Gasteiger partial charge in [0.1, 0.15) is 0 Å². The third-order valence-corrected chi connectivity index (χ3v) is 9.31. The van der Waals surface area contributed by atoms with E-state index < -0.39 is 19.3 Å². The van der Waals surface area contributed by atoms with E-state index in [1.807, 2.05) is 27.7 Å². The Morgan fingerprint density at radius 2 is 1.07 bits per heavy atom. The molecule has 0 bridgehead atoms.